The molecule has 0 aliphatic rings. The van der Waals surface area contributed by atoms with Crippen LogP contribution in [-0.4, -0.2) is 42.6 Å². The Labute approximate surface area is 98.3 Å². The zero-order valence-electron chi connectivity index (χ0n) is 9.05. The molecule has 0 aliphatic heterocycles. The molecular formula is C10H13N3O2S. The molecule has 1 aromatic rings. The lowest BCUT2D eigenvalue weighted by Crippen LogP contribution is -2.34. The Bertz CT molecular complexity index is 359. The molecule has 0 radical (unpaired) electrons. The summed E-state index contributed by atoms with van der Waals surface area (Å²) in [4.78, 5) is 18.0. The lowest BCUT2D eigenvalue weighted by atomic mass is 10.3. The maximum atomic E-state index is 11.9. The molecule has 0 atom stereocenters. The number of carbonyl (C=O) groups is 1. The van der Waals surface area contributed by atoms with Gasteiger partial charge in [0.25, 0.3) is 5.91 Å². The van der Waals surface area contributed by atoms with Crippen molar-refractivity contribution in [3.63, 3.8) is 0 Å². The van der Waals surface area contributed by atoms with E-state index in [0.29, 0.717) is 31.0 Å². The van der Waals surface area contributed by atoms with E-state index in [1.54, 1.807) is 23.7 Å². The minimum atomic E-state index is -0.0881. The Morgan fingerprint density at radius 3 is 3.06 bits per heavy atom. The highest BCUT2D eigenvalue weighted by molar-refractivity contribution is 7.11. The molecule has 0 aliphatic carbocycles. The van der Waals surface area contributed by atoms with E-state index in [1.807, 2.05) is 6.07 Å². The smallest absolute Gasteiger partial charge is 0.265 e. The molecule has 0 fully saturated rings. The first-order valence-electron chi connectivity index (χ1n) is 4.83. The summed E-state index contributed by atoms with van der Waals surface area (Å²) in [6.45, 7) is 1.39. The molecule has 1 aromatic heterocycles. The van der Waals surface area contributed by atoms with Crippen LogP contribution in [0.1, 0.15) is 16.1 Å². The van der Waals surface area contributed by atoms with Crippen LogP contribution in [0.2, 0.25) is 0 Å². The number of aromatic nitrogens is 1. The number of carbonyl (C=O) groups excluding carboxylic acids is 1. The molecule has 0 N–H and O–H groups in total. The number of thiazole rings is 1. The predicted octanol–water partition coefficient (Wildman–Crippen LogP) is 1.15. The summed E-state index contributed by atoms with van der Waals surface area (Å²) < 4.78 is 4.93. The molecule has 0 spiro atoms. The number of hydrogen-bond donors (Lipinski definition) is 0. The highest BCUT2D eigenvalue weighted by Gasteiger charge is 2.16. The van der Waals surface area contributed by atoms with E-state index in [4.69, 9.17) is 10.00 Å². The fourth-order valence-corrected chi connectivity index (χ4v) is 1.77. The molecule has 0 unspecified atom stereocenters. The number of methoxy groups -OCH3 is 1. The SMILES string of the molecule is COCCN(CCC#N)C(=O)c1cncs1. The van der Waals surface area contributed by atoms with Crippen LogP contribution >= 0.6 is 11.3 Å². The van der Waals surface area contributed by atoms with Crippen LogP contribution in [0.4, 0.5) is 0 Å². The second-order valence-electron chi connectivity index (χ2n) is 3.06. The molecule has 1 heterocycles. The van der Waals surface area contributed by atoms with Gasteiger partial charge in [0, 0.05) is 20.2 Å². The lowest BCUT2D eigenvalue weighted by molar-refractivity contribution is 0.0704. The van der Waals surface area contributed by atoms with Crippen molar-refractivity contribution in [3.05, 3.63) is 16.6 Å². The topological polar surface area (TPSA) is 66.2 Å². The zero-order chi connectivity index (χ0) is 11.8. The van der Waals surface area contributed by atoms with Crippen molar-refractivity contribution in [2.45, 2.75) is 6.42 Å². The first-order chi connectivity index (χ1) is 7.79. The molecular weight excluding hydrogens is 226 g/mol. The molecule has 1 amide bonds. The third kappa shape index (κ3) is 3.61. The van der Waals surface area contributed by atoms with Crippen molar-refractivity contribution in [3.8, 4) is 6.07 Å². The summed E-state index contributed by atoms with van der Waals surface area (Å²) in [7, 11) is 1.58. The van der Waals surface area contributed by atoms with Crippen molar-refractivity contribution in [1.29, 1.82) is 5.26 Å². The van der Waals surface area contributed by atoms with Gasteiger partial charge in [-0.2, -0.15) is 5.26 Å². The quantitative estimate of drug-likeness (QED) is 0.746. The van der Waals surface area contributed by atoms with Crippen LogP contribution in [0, 0.1) is 11.3 Å². The van der Waals surface area contributed by atoms with Gasteiger partial charge in [-0.1, -0.05) is 0 Å². The largest absolute Gasteiger partial charge is 0.383 e. The van der Waals surface area contributed by atoms with Gasteiger partial charge >= 0.3 is 0 Å². The zero-order valence-corrected chi connectivity index (χ0v) is 9.87. The van der Waals surface area contributed by atoms with Crippen LogP contribution in [0.15, 0.2) is 11.7 Å². The number of nitriles is 1. The third-order valence-electron chi connectivity index (χ3n) is 1.99. The molecule has 0 saturated carbocycles. The van der Waals surface area contributed by atoms with Crippen molar-refractivity contribution >= 4 is 17.2 Å². The molecule has 16 heavy (non-hydrogen) atoms. The average Bonchev–Trinajstić information content (AvgIpc) is 2.82. The normalized spacial score (nSPS) is 9.75. The minimum absolute atomic E-state index is 0.0881. The predicted molar refractivity (Wildman–Crippen MR) is 60.1 cm³/mol. The molecule has 5 nitrogen and oxygen atoms in total. The summed E-state index contributed by atoms with van der Waals surface area (Å²) in [6.07, 6.45) is 1.87. The Kier molecular flexibility index (Phi) is 5.46. The maximum Gasteiger partial charge on any atom is 0.265 e. The monoisotopic (exact) mass is 239 g/mol. The molecule has 0 bridgehead atoms. The highest BCUT2D eigenvalue weighted by atomic mass is 32.1. The summed E-state index contributed by atoms with van der Waals surface area (Å²) >= 11 is 1.30. The lowest BCUT2D eigenvalue weighted by Gasteiger charge is -2.20. The van der Waals surface area contributed by atoms with Gasteiger partial charge in [0.2, 0.25) is 0 Å². The van der Waals surface area contributed by atoms with Crippen LogP contribution in [0.25, 0.3) is 0 Å². The average molecular weight is 239 g/mol. The van der Waals surface area contributed by atoms with Crippen molar-refractivity contribution in [2.75, 3.05) is 26.8 Å². The Balaban J connectivity index is 2.60. The fraction of sp³-hybridized carbons (Fsp3) is 0.500. The first kappa shape index (κ1) is 12.6. The van der Waals surface area contributed by atoms with Crippen molar-refractivity contribution in [2.24, 2.45) is 0 Å². The van der Waals surface area contributed by atoms with Gasteiger partial charge in [0.1, 0.15) is 4.88 Å². The Hall–Kier alpha value is -1.45. The van der Waals surface area contributed by atoms with E-state index in [1.165, 1.54) is 11.3 Å². The standard InChI is InChI=1S/C10H13N3O2S/c1-15-6-5-13(4-2-3-11)10(14)9-7-12-8-16-9/h7-8H,2,4-6H2,1H3. The van der Waals surface area contributed by atoms with Crippen LogP contribution in [-0.2, 0) is 4.74 Å². The van der Waals surface area contributed by atoms with Crippen LogP contribution < -0.4 is 0 Å². The van der Waals surface area contributed by atoms with Gasteiger partial charge < -0.3 is 9.64 Å². The number of hydrogen-bond acceptors (Lipinski definition) is 5. The third-order valence-corrected chi connectivity index (χ3v) is 2.75. The summed E-state index contributed by atoms with van der Waals surface area (Å²) in [5.74, 6) is -0.0881. The van der Waals surface area contributed by atoms with E-state index in [0.717, 1.165) is 0 Å². The van der Waals surface area contributed by atoms with E-state index in [9.17, 15) is 4.79 Å². The number of ether oxygens (including phenoxy) is 1. The fourth-order valence-electron chi connectivity index (χ4n) is 1.18. The van der Waals surface area contributed by atoms with Crippen LogP contribution in [0.3, 0.4) is 0 Å². The van der Waals surface area contributed by atoms with E-state index in [-0.39, 0.29) is 5.91 Å². The summed E-state index contributed by atoms with van der Waals surface area (Å²) in [6, 6.07) is 2.03. The Morgan fingerprint density at radius 2 is 2.50 bits per heavy atom. The van der Waals surface area contributed by atoms with Gasteiger partial charge in [-0.15, -0.1) is 11.3 Å². The van der Waals surface area contributed by atoms with Gasteiger partial charge in [-0.05, 0) is 0 Å². The molecule has 1 rings (SSSR count). The van der Waals surface area contributed by atoms with Gasteiger partial charge in [-0.3, -0.25) is 9.78 Å². The van der Waals surface area contributed by atoms with Crippen LogP contribution in [0.5, 0.6) is 0 Å². The number of nitrogens with zero attached hydrogens (tertiary/aromatic N) is 3. The van der Waals surface area contributed by atoms with Crippen molar-refractivity contribution < 1.29 is 9.53 Å². The second-order valence-corrected chi connectivity index (χ2v) is 3.95. The van der Waals surface area contributed by atoms with Gasteiger partial charge in [0.15, 0.2) is 0 Å². The first-order valence-corrected chi connectivity index (χ1v) is 5.71. The van der Waals surface area contributed by atoms with Crippen molar-refractivity contribution in [1.82, 2.24) is 9.88 Å². The molecule has 86 valence electrons. The molecule has 0 aromatic carbocycles. The second kappa shape index (κ2) is 6.93. The number of rotatable bonds is 6. The minimum Gasteiger partial charge on any atom is -0.383 e. The summed E-state index contributed by atoms with van der Waals surface area (Å²) in [5.41, 5.74) is 1.62. The van der Waals surface area contributed by atoms with Gasteiger partial charge in [-0.25, -0.2) is 0 Å². The summed E-state index contributed by atoms with van der Waals surface area (Å²) in [5, 5.41) is 8.52. The molecule has 6 heteroatoms. The van der Waals surface area contributed by atoms with E-state index in [2.05, 4.69) is 4.98 Å². The van der Waals surface area contributed by atoms with E-state index < -0.39 is 0 Å². The molecule has 0 saturated heterocycles. The van der Waals surface area contributed by atoms with E-state index >= 15 is 0 Å². The van der Waals surface area contributed by atoms with Gasteiger partial charge in [0.05, 0.1) is 30.8 Å². The number of amides is 1. The highest BCUT2D eigenvalue weighted by Crippen LogP contribution is 2.09. The Morgan fingerprint density at radius 1 is 1.69 bits per heavy atom. The maximum absolute atomic E-state index is 11.9.